The van der Waals surface area contributed by atoms with E-state index in [4.69, 9.17) is 9.47 Å². The van der Waals surface area contributed by atoms with E-state index >= 15 is 0 Å². The van der Waals surface area contributed by atoms with Crippen molar-refractivity contribution in [2.75, 3.05) is 13.2 Å². The van der Waals surface area contributed by atoms with Gasteiger partial charge in [0.1, 0.15) is 0 Å². The number of carbonyl (C=O) groups is 1. The van der Waals surface area contributed by atoms with Gasteiger partial charge < -0.3 is 25.0 Å². The van der Waals surface area contributed by atoms with Gasteiger partial charge in [-0.05, 0) is 27.7 Å². The van der Waals surface area contributed by atoms with Gasteiger partial charge in [-0.15, -0.1) is 0 Å². The number of aliphatic hydroxyl groups excluding tert-OH is 2. The van der Waals surface area contributed by atoms with Gasteiger partial charge in [-0.1, -0.05) is 0 Å². The molecule has 1 fully saturated rings. The van der Waals surface area contributed by atoms with Crippen molar-refractivity contribution in [1.82, 2.24) is 5.32 Å². The van der Waals surface area contributed by atoms with Crippen molar-refractivity contribution in [2.45, 2.75) is 52.2 Å². The van der Waals surface area contributed by atoms with E-state index < -0.39 is 30.2 Å². The first-order chi connectivity index (χ1) is 8.93. The lowest BCUT2D eigenvalue weighted by Gasteiger charge is -2.44. The average molecular weight is 275 g/mol. The predicted molar refractivity (Wildman–Crippen MR) is 69.3 cm³/mol. The number of nitrogens with one attached hydrogen (secondary N) is 1. The van der Waals surface area contributed by atoms with Crippen molar-refractivity contribution < 1.29 is 24.5 Å². The number of aliphatic hydroxyl groups is 2. The van der Waals surface area contributed by atoms with E-state index in [9.17, 15) is 15.0 Å². The Morgan fingerprint density at radius 2 is 1.89 bits per heavy atom. The molecule has 0 aliphatic carbocycles. The van der Waals surface area contributed by atoms with Crippen molar-refractivity contribution >= 4 is 5.97 Å². The van der Waals surface area contributed by atoms with Crippen LogP contribution in [0.1, 0.15) is 27.7 Å². The van der Waals surface area contributed by atoms with Crippen LogP contribution >= 0.6 is 0 Å². The van der Waals surface area contributed by atoms with E-state index in [1.807, 2.05) is 13.8 Å². The second-order valence-electron chi connectivity index (χ2n) is 4.94. The molecular formula is C13H25NO5. The molecule has 6 nitrogen and oxygen atoms in total. The molecule has 6 atom stereocenters. The van der Waals surface area contributed by atoms with Gasteiger partial charge >= 0.3 is 5.97 Å². The van der Waals surface area contributed by atoms with Crippen LogP contribution in [-0.2, 0) is 14.3 Å². The van der Waals surface area contributed by atoms with Gasteiger partial charge in [0, 0.05) is 18.7 Å². The van der Waals surface area contributed by atoms with Crippen molar-refractivity contribution in [3.05, 3.63) is 0 Å². The van der Waals surface area contributed by atoms with E-state index in [0.717, 1.165) is 0 Å². The summed E-state index contributed by atoms with van der Waals surface area (Å²) < 4.78 is 10.1. The molecule has 6 heteroatoms. The Bertz CT molecular complexity index is 295. The maximum Gasteiger partial charge on any atom is 0.313 e. The molecule has 0 saturated carbocycles. The van der Waals surface area contributed by atoms with E-state index in [2.05, 4.69) is 5.32 Å². The first-order valence-electron chi connectivity index (χ1n) is 6.84. The maximum absolute atomic E-state index is 11.9. The van der Waals surface area contributed by atoms with Crippen LogP contribution in [0.3, 0.4) is 0 Å². The third-order valence-electron chi connectivity index (χ3n) is 3.63. The molecule has 6 unspecified atom stereocenters. The van der Waals surface area contributed by atoms with Crippen molar-refractivity contribution in [1.29, 1.82) is 0 Å². The minimum Gasteiger partial charge on any atom is -0.466 e. The molecular weight excluding hydrogens is 250 g/mol. The third-order valence-corrected chi connectivity index (χ3v) is 3.63. The molecule has 0 aromatic rings. The zero-order chi connectivity index (χ0) is 14.6. The number of hydrogen-bond donors (Lipinski definition) is 3. The maximum atomic E-state index is 11.9. The Morgan fingerprint density at radius 3 is 2.42 bits per heavy atom. The molecule has 1 heterocycles. The van der Waals surface area contributed by atoms with Crippen LogP contribution in [-0.4, -0.2) is 53.9 Å². The van der Waals surface area contributed by atoms with Gasteiger partial charge in [-0.2, -0.15) is 0 Å². The molecule has 112 valence electrons. The molecule has 0 radical (unpaired) electrons. The molecule has 1 saturated heterocycles. The van der Waals surface area contributed by atoms with Crippen LogP contribution in [0.2, 0.25) is 0 Å². The summed E-state index contributed by atoms with van der Waals surface area (Å²) in [6.07, 6.45) is -2.10. The largest absolute Gasteiger partial charge is 0.466 e. The van der Waals surface area contributed by atoms with Crippen molar-refractivity contribution in [2.24, 2.45) is 11.8 Å². The fraction of sp³-hybridized carbons (Fsp3) is 0.923. The Morgan fingerprint density at radius 1 is 1.26 bits per heavy atom. The lowest BCUT2D eigenvalue weighted by molar-refractivity contribution is -0.191. The van der Waals surface area contributed by atoms with Gasteiger partial charge in [0.25, 0.3) is 0 Å². The first-order valence-corrected chi connectivity index (χ1v) is 6.84. The Hall–Kier alpha value is -0.690. The minimum absolute atomic E-state index is 0.155. The van der Waals surface area contributed by atoms with Crippen molar-refractivity contribution in [3.63, 3.8) is 0 Å². The van der Waals surface area contributed by atoms with E-state index in [1.54, 1.807) is 13.8 Å². The van der Waals surface area contributed by atoms with Gasteiger partial charge in [-0.25, -0.2) is 0 Å². The summed E-state index contributed by atoms with van der Waals surface area (Å²) in [6, 6.07) is -0.369. The topological polar surface area (TPSA) is 88.0 Å². The molecule has 0 aromatic carbocycles. The quantitative estimate of drug-likeness (QED) is 0.479. The highest BCUT2D eigenvalue weighted by Gasteiger charge is 2.47. The third kappa shape index (κ3) is 3.66. The van der Waals surface area contributed by atoms with Crippen LogP contribution in [0.25, 0.3) is 0 Å². The molecule has 0 bridgehead atoms. The van der Waals surface area contributed by atoms with Gasteiger partial charge in [0.15, 0.2) is 6.29 Å². The van der Waals surface area contributed by atoms with Crippen LogP contribution < -0.4 is 5.32 Å². The van der Waals surface area contributed by atoms with Crippen LogP contribution in [0.4, 0.5) is 0 Å². The summed E-state index contributed by atoms with van der Waals surface area (Å²) in [4.78, 5) is 11.9. The number of rotatable bonds is 5. The fourth-order valence-electron chi connectivity index (χ4n) is 2.74. The number of esters is 1. The molecule has 0 amide bonds. The lowest BCUT2D eigenvalue weighted by atomic mass is 9.77. The molecule has 0 spiro atoms. The van der Waals surface area contributed by atoms with Gasteiger partial charge in [0.2, 0.25) is 0 Å². The Kier molecular flexibility index (Phi) is 6.19. The second-order valence-corrected chi connectivity index (χ2v) is 4.94. The molecule has 1 aliphatic rings. The summed E-state index contributed by atoms with van der Waals surface area (Å²) in [6.45, 7) is 7.78. The average Bonchev–Trinajstić information content (AvgIpc) is 2.28. The summed E-state index contributed by atoms with van der Waals surface area (Å²) >= 11 is 0. The highest BCUT2D eigenvalue weighted by molar-refractivity contribution is 5.74. The Labute approximate surface area is 114 Å². The smallest absolute Gasteiger partial charge is 0.313 e. The first kappa shape index (κ1) is 16.4. The lowest BCUT2D eigenvalue weighted by Crippen LogP contribution is -2.62. The predicted octanol–water partition coefficient (Wildman–Crippen LogP) is -0.122. The highest BCUT2D eigenvalue weighted by Crippen LogP contribution is 2.30. The zero-order valence-electron chi connectivity index (χ0n) is 12.0. The number of carbonyl (C=O) groups excluding carboxylic acids is 1. The SMILES string of the molecule is CCOC(=O)C1C(C)NC(C)C(C(O)OCC)C1O. The summed E-state index contributed by atoms with van der Waals surface area (Å²) in [5.74, 6) is -1.71. The summed E-state index contributed by atoms with van der Waals surface area (Å²) in [7, 11) is 0. The zero-order valence-corrected chi connectivity index (χ0v) is 12.0. The molecule has 19 heavy (non-hydrogen) atoms. The fourth-order valence-corrected chi connectivity index (χ4v) is 2.74. The monoisotopic (exact) mass is 275 g/mol. The molecule has 1 rings (SSSR count). The van der Waals surface area contributed by atoms with E-state index in [1.165, 1.54) is 0 Å². The molecule has 1 aliphatic heterocycles. The number of hydrogen-bond acceptors (Lipinski definition) is 6. The normalized spacial score (nSPS) is 36.8. The van der Waals surface area contributed by atoms with Crippen molar-refractivity contribution in [3.8, 4) is 0 Å². The second kappa shape index (κ2) is 7.19. The van der Waals surface area contributed by atoms with Gasteiger partial charge in [-0.3, -0.25) is 4.79 Å². The number of piperidine rings is 1. The van der Waals surface area contributed by atoms with Crippen LogP contribution in [0.5, 0.6) is 0 Å². The van der Waals surface area contributed by atoms with Crippen LogP contribution in [0, 0.1) is 11.8 Å². The summed E-state index contributed by atoms with van der Waals surface area (Å²) in [5, 5.41) is 23.5. The van der Waals surface area contributed by atoms with Gasteiger partial charge in [0.05, 0.1) is 24.5 Å². The standard InChI is InChI=1S/C13H25NO5/c1-5-18-12(16)9-7(3)14-8(4)10(11(9)15)13(17)19-6-2/h7-12,14-16H,5-6H2,1-4H3. The molecule has 3 N–H and O–H groups in total. The Balaban J connectivity index is 2.85. The van der Waals surface area contributed by atoms with E-state index in [-0.39, 0.29) is 18.7 Å². The molecule has 0 aromatic heterocycles. The van der Waals surface area contributed by atoms with E-state index in [0.29, 0.717) is 6.61 Å². The van der Waals surface area contributed by atoms with Crippen LogP contribution in [0.15, 0.2) is 0 Å². The summed E-state index contributed by atoms with van der Waals surface area (Å²) in [5.41, 5.74) is 0. The highest BCUT2D eigenvalue weighted by atomic mass is 16.6. The minimum atomic E-state index is -1.10. The number of ether oxygens (including phenoxy) is 2.